The van der Waals surface area contributed by atoms with E-state index in [1.165, 1.54) is 15.5 Å². The summed E-state index contributed by atoms with van der Waals surface area (Å²) >= 11 is 0. The van der Waals surface area contributed by atoms with Gasteiger partial charge in [-0.25, -0.2) is 19.3 Å². The van der Waals surface area contributed by atoms with E-state index in [2.05, 4.69) is 16.0 Å². The quantitative estimate of drug-likeness (QED) is 0.449. The molecule has 0 saturated carbocycles. The van der Waals surface area contributed by atoms with Crippen LogP contribution in [0.5, 0.6) is 11.5 Å². The lowest BCUT2D eigenvalue weighted by Gasteiger charge is -2.08. The molecule has 2 heterocycles. The molecule has 0 fully saturated rings. The van der Waals surface area contributed by atoms with Gasteiger partial charge in [0.25, 0.3) is 0 Å². The Morgan fingerprint density at radius 1 is 0.938 bits per heavy atom. The second-order valence-electron chi connectivity index (χ2n) is 7.05. The Kier molecular flexibility index (Phi) is 4.89. The van der Waals surface area contributed by atoms with Crippen molar-refractivity contribution in [3.05, 3.63) is 101 Å². The Hall–Kier alpha value is -4.43. The van der Waals surface area contributed by atoms with Crippen LogP contribution < -0.4 is 21.9 Å². The molecule has 0 bridgehead atoms. The van der Waals surface area contributed by atoms with Crippen molar-refractivity contribution in [3.8, 4) is 22.9 Å². The molecule has 0 unspecified atom stereocenters. The summed E-state index contributed by atoms with van der Waals surface area (Å²) in [5.41, 5.74) is 14.5. The molecule has 3 aromatic carbocycles. The molecule has 8 heteroatoms. The topological polar surface area (TPSA) is 114 Å². The van der Waals surface area contributed by atoms with Gasteiger partial charge in [-0.1, -0.05) is 30.3 Å². The highest BCUT2D eigenvalue weighted by molar-refractivity contribution is 5.85. The van der Waals surface area contributed by atoms with E-state index in [-0.39, 0.29) is 18.1 Å². The maximum Gasteiger partial charge on any atom is 0.339 e. The van der Waals surface area contributed by atoms with Crippen LogP contribution in [0.4, 0.5) is 5.82 Å². The van der Waals surface area contributed by atoms with Gasteiger partial charge in [0.1, 0.15) is 23.3 Å². The van der Waals surface area contributed by atoms with Crippen LogP contribution in [0.2, 0.25) is 0 Å². The minimum absolute atomic E-state index is 0.199. The first-order valence-corrected chi connectivity index (χ1v) is 9.94. The molecule has 0 amide bonds. The highest BCUT2D eigenvalue weighted by Gasteiger charge is 2.21. The van der Waals surface area contributed by atoms with Gasteiger partial charge in [0.2, 0.25) is 0 Å². The average molecular weight is 423 g/mol. The molecule has 0 aliphatic carbocycles. The summed E-state index contributed by atoms with van der Waals surface area (Å²) in [5.74, 6) is 1.56. The Morgan fingerprint density at radius 2 is 1.69 bits per heavy atom. The number of nitrogens with two attached hydrogens (primary N) is 2. The highest BCUT2D eigenvalue weighted by atomic mass is 16.5. The van der Waals surface area contributed by atoms with Crippen molar-refractivity contribution < 1.29 is 4.74 Å². The maximum atomic E-state index is 13.6. The van der Waals surface area contributed by atoms with Gasteiger partial charge in [-0.2, -0.15) is 0 Å². The second kappa shape index (κ2) is 8.01. The molecule has 2 aromatic heterocycles. The third-order valence-corrected chi connectivity index (χ3v) is 5.11. The number of aromatic nitrogens is 4. The number of nitrogens with zero attached hydrogens (tertiary/aromatic N) is 4. The summed E-state index contributed by atoms with van der Waals surface area (Å²) in [4.78, 5) is 22.0. The van der Waals surface area contributed by atoms with Gasteiger partial charge in [-0.15, -0.1) is 0 Å². The van der Waals surface area contributed by atoms with Gasteiger partial charge >= 0.3 is 5.69 Å². The maximum absolute atomic E-state index is 13.6. The number of nitrogen functional groups attached to an aromatic ring is 1. The number of hydrogen-bond acceptors (Lipinski definition) is 6. The molecule has 4 N–H and O–H groups in total. The second-order valence-corrected chi connectivity index (χ2v) is 7.05. The van der Waals surface area contributed by atoms with Crippen molar-refractivity contribution in [2.75, 3.05) is 5.73 Å². The van der Waals surface area contributed by atoms with Crippen LogP contribution in [0.25, 0.3) is 22.5 Å². The fourth-order valence-electron chi connectivity index (χ4n) is 3.63. The average Bonchev–Trinajstić information content (AvgIpc) is 3.13. The van der Waals surface area contributed by atoms with E-state index in [4.69, 9.17) is 16.2 Å². The number of ether oxygens (including phenoxy) is 1. The van der Waals surface area contributed by atoms with Gasteiger partial charge in [-0.3, -0.25) is 4.57 Å². The van der Waals surface area contributed by atoms with E-state index >= 15 is 0 Å². The zero-order valence-electron chi connectivity index (χ0n) is 17.0. The van der Waals surface area contributed by atoms with E-state index in [0.717, 1.165) is 11.3 Å². The third kappa shape index (κ3) is 3.28. The number of anilines is 1. The van der Waals surface area contributed by atoms with Crippen LogP contribution in [0.1, 0.15) is 5.56 Å². The number of fused-ring (bicyclic) bond motifs is 1. The zero-order valence-corrected chi connectivity index (χ0v) is 17.0. The molecule has 0 spiro atoms. The van der Waals surface area contributed by atoms with Crippen LogP contribution in [-0.2, 0) is 6.54 Å². The molecule has 1 radical (unpaired) electrons. The number of hydrogen-bond donors (Lipinski definition) is 2. The Morgan fingerprint density at radius 3 is 2.44 bits per heavy atom. The molecule has 0 saturated heterocycles. The normalized spacial score (nSPS) is 11.0. The van der Waals surface area contributed by atoms with Gasteiger partial charge in [-0.05, 0) is 54.1 Å². The van der Waals surface area contributed by atoms with E-state index in [0.29, 0.717) is 28.3 Å². The lowest BCUT2D eigenvalue weighted by Crippen LogP contribution is -2.23. The van der Waals surface area contributed by atoms with E-state index in [9.17, 15) is 4.79 Å². The lowest BCUT2D eigenvalue weighted by atomic mass is 10.2. The highest BCUT2D eigenvalue weighted by Crippen LogP contribution is 2.26. The number of rotatable bonds is 5. The SMILES string of the molecule is NCc1cc[c]cc1-n1c(=O)n(-c2ccc(Oc3ccccc3)cc2)c2c(N)ncnc21. The van der Waals surface area contributed by atoms with Crippen molar-refractivity contribution in [2.45, 2.75) is 6.54 Å². The molecular weight excluding hydrogens is 404 g/mol. The zero-order chi connectivity index (χ0) is 22.1. The summed E-state index contributed by atoms with van der Waals surface area (Å²) in [6.45, 7) is 0.259. The van der Waals surface area contributed by atoms with Gasteiger partial charge < -0.3 is 16.2 Å². The summed E-state index contributed by atoms with van der Waals surface area (Å²) in [6.07, 6.45) is 1.34. The molecule has 5 rings (SSSR count). The van der Waals surface area contributed by atoms with E-state index < -0.39 is 0 Å². The van der Waals surface area contributed by atoms with Crippen molar-refractivity contribution >= 4 is 17.0 Å². The first-order chi connectivity index (χ1) is 15.7. The fraction of sp³-hybridized carbons (Fsp3) is 0.0417. The molecule has 0 aliphatic rings. The molecular formula is C24H19N6O2. The van der Waals surface area contributed by atoms with Gasteiger partial charge in [0, 0.05) is 6.54 Å². The van der Waals surface area contributed by atoms with Crippen molar-refractivity contribution in [2.24, 2.45) is 5.73 Å². The Balaban J connectivity index is 1.67. The first kappa shape index (κ1) is 19.5. The van der Waals surface area contributed by atoms with Crippen molar-refractivity contribution in [1.29, 1.82) is 0 Å². The Labute approximate surface area is 183 Å². The summed E-state index contributed by atoms with van der Waals surface area (Å²) in [7, 11) is 0. The standard InChI is InChI=1S/C24H19N6O2/c25-14-16-6-4-5-9-20(16)30-23-21(22(26)27-15-28-23)29(24(30)31)17-10-12-19(13-11-17)32-18-7-2-1-3-8-18/h1-4,6-13,15H,14,25H2,(H2,26,27,28). The van der Waals surface area contributed by atoms with Crippen LogP contribution in [0, 0.1) is 6.07 Å². The third-order valence-electron chi connectivity index (χ3n) is 5.11. The molecule has 0 atom stereocenters. The van der Waals surface area contributed by atoms with E-state index in [1.807, 2.05) is 36.4 Å². The van der Waals surface area contributed by atoms with Crippen molar-refractivity contribution in [3.63, 3.8) is 0 Å². The fourth-order valence-corrected chi connectivity index (χ4v) is 3.63. The number of benzene rings is 3. The molecule has 32 heavy (non-hydrogen) atoms. The largest absolute Gasteiger partial charge is 0.457 e. The first-order valence-electron chi connectivity index (χ1n) is 9.94. The minimum Gasteiger partial charge on any atom is -0.457 e. The number of imidazole rings is 1. The van der Waals surface area contributed by atoms with Crippen molar-refractivity contribution in [1.82, 2.24) is 19.1 Å². The van der Waals surface area contributed by atoms with Crippen LogP contribution in [0.3, 0.4) is 0 Å². The van der Waals surface area contributed by atoms with E-state index in [1.54, 1.807) is 36.4 Å². The van der Waals surface area contributed by atoms with Crippen LogP contribution in [-0.4, -0.2) is 19.1 Å². The molecule has 5 aromatic rings. The van der Waals surface area contributed by atoms with Gasteiger partial charge in [0.05, 0.1) is 11.4 Å². The number of para-hydroxylation sites is 1. The van der Waals surface area contributed by atoms with Crippen LogP contribution in [0.15, 0.2) is 83.9 Å². The molecule has 0 aliphatic heterocycles. The summed E-state index contributed by atoms with van der Waals surface area (Å²) < 4.78 is 8.83. The lowest BCUT2D eigenvalue weighted by molar-refractivity contribution is 0.482. The van der Waals surface area contributed by atoms with Crippen LogP contribution >= 0.6 is 0 Å². The minimum atomic E-state index is -0.335. The summed E-state index contributed by atoms with van der Waals surface area (Å²) in [6, 6.07) is 24.9. The van der Waals surface area contributed by atoms with Gasteiger partial charge in [0.15, 0.2) is 11.5 Å². The smallest absolute Gasteiger partial charge is 0.339 e. The molecule has 8 nitrogen and oxygen atoms in total. The predicted molar refractivity (Wildman–Crippen MR) is 122 cm³/mol. The predicted octanol–water partition coefficient (Wildman–Crippen LogP) is 3.20. The molecule has 157 valence electrons. The summed E-state index contributed by atoms with van der Waals surface area (Å²) in [5, 5.41) is 0. The monoisotopic (exact) mass is 423 g/mol. The Bertz CT molecular complexity index is 1460.